The van der Waals surface area contributed by atoms with Crippen molar-refractivity contribution in [2.75, 3.05) is 19.8 Å². The van der Waals surface area contributed by atoms with Gasteiger partial charge in [0, 0.05) is 6.61 Å². The lowest BCUT2D eigenvalue weighted by molar-refractivity contribution is -0.166. The molecule has 1 aliphatic heterocycles. The van der Waals surface area contributed by atoms with Crippen LogP contribution >= 0.6 is 0 Å². The molecular formula is C29H43NO5Si. The summed E-state index contributed by atoms with van der Waals surface area (Å²) in [4.78, 5) is 12.7. The van der Waals surface area contributed by atoms with Gasteiger partial charge in [-0.1, -0.05) is 81.4 Å². The van der Waals surface area contributed by atoms with Gasteiger partial charge in [-0.2, -0.15) is 0 Å². The van der Waals surface area contributed by atoms with Gasteiger partial charge in [0.2, 0.25) is 0 Å². The first-order chi connectivity index (χ1) is 17.0. The monoisotopic (exact) mass is 513 g/mol. The molecule has 7 heteroatoms. The summed E-state index contributed by atoms with van der Waals surface area (Å²) in [5.74, 6) is 0. The fourth-order valence-electron chi connectivity index (χ4n) is 4.66. The van der Waals surface area contributed by atoms with Crippen LogP contribution in [0.25, 0.3) is 0 Å². The Bertz CT molecular complexity index is 894. The molecule has 0 aromatic heterocycles. The molecule has 1 amide bonds. The summed E-state index contributed by atoms with van der Waals surface area (Å²) in [5.41, 5.74) is -0.596. The molecule has 6 nitrogen and oxygen atoms in total. The fraction of sp³-hybridized carbons (Fsp3) is 0.552. The van der Waals surface area contributed by atoms with Crippen LogP contribution < -0.4 is 15.7 Å². The van der Waals surface area contributed by atoms with Gasteiger partial charge in [0.1, 0.15) is 5.60 Å². The maximum absolute atomic E-state index is 12.7. The van der Waals surface area contributed by atoms with Gasteiger partial charge in [-0.05, 0) is 55.4 Å². The van der Waals surface area contributed by atoms with E-state index in [-0.39, 0.29) is 17.9 Å². The first-order valence-corrected chi connectivity index (χ1v) is 14.9. The van der Waals surface area contributed by atoms with Gasteiger partial charge in [-0.15, -0.1) is 0 Å². The molecule has 0 bridgehead atoms. The minimum atomic E-state index is -2.76. The van der Waals surface area contributed by atoms with Crippen molar-refractivity contribution in [3.63, 3.8) is 0 Å². The Morgan fingerprint density at radius 1 is 0.944 bits per heavy atom. The first-order valence-electron chi connectivity index (χ1n) is 13.0. The number of alkyl carbamates (subject to hydrolysis) is 1. The summed E-state index contributed by atoms with van der Waals surface area (Å²) < 4.78 is 24.4. The second kappa shape index (κ2) is 12.4. The summed E-state index contributed by atoms with van der Waals surface area (Å²) in [5, 5.41) is 5.21. The third-order valence-electron chi connectivity index (χ3n) is 6.26. The summed E-state index contributed by atoms with van der Waals surface area (Å²) in [6, 6.07) is 20.6. The molecule has 1 saturated heterocycles. The SMILES string of the molecule is CC(C)(C)OC(=O)N[C@H](COC1CCCCO1)CO[Si](c1ccccc1)(c1ccccc1)C(C)(C)C. The highest BCUT2D eigenvalue weighted by atomic mass is 28.4. The number of nitrogens with one attached hydrogen (secondary N) is 1. The van der Waals surface area contributed by atoms with Crippen LogP contribution in [0.2, 0.25) is 5.04 Å². The molecule has 1 heterocycles. The van der Waals surface area contributed by atoms with Gasteiger partial charge in [0.15, 0.2) is 6.29 Å². The van der Waals surface area contributed by atoms with Crippen molar-refractivity contribution in [1.82, 2.24) is 5.32 Å². The van der Waals surface area contributed by atoms with Gasteiger partial charge in [0.25, 0.3) is 8.32 Å². The number of carbonyl (C=O) groups is 1. The van der Waals surface area contributed by atoms with E-state index in [9.17, 15) is 4.79 Å². The number of rotatable bonds is 9. The van der Waals surface area contributed by atoms with Crippen molar-refractivity contribution in [3.05, 3.63) is 60.7 Å². The van der Waals surface area contributed by atoms with E-state index in [0.29, 0.717) is 13.2 Å². The molecule has 3 rings (SSSR count). The minimum Gasteiger partial charge on any atom is -0.444 e. The minimum absolute atomic E-state index is 0.167. The number of benzene rings is 2. The van der Waals surface area contributed by atoms with Gasteiger partial charge in [-0.25, -0.2) is 4.79 Å². The Hall–Kier alpha value is -2.19. The molecule has 36 heavy (non-hydrogen) atoms. The fourth-order valence-corrected chi connectivity index (χ4v) is 9.27. The summed E-state index contributed by atoms with van der Waals surface area (Å²) in [6.45, 7) is 13.5. The van der Waals surface area contributed by atoms with Gasteiger partial charge < -0.3 is 24.0 Å². The molecule has 0 radical (unpaired) electrons. The van der Waals surface area contributed by atoms with Crippen LogP contribution in [0.3, 0.4) is 0 Å². The van der Waals surface area contributed by atoms with Crippen molar-refractivity contribution >= 4 is 24.8 Å². The smallest absolute Gasteiger partial charge is 0.408 e. The lowest BCUT2D eigenvalue weighted by atomic mass is 10.2. The summed E-state index contributed by atoms with van der Waals surface area (Å²) in [6.07, 6.45) is 2.25. The molecule has 2 aromatic carbocycles. The van der Waals surface area contributed by atoms with E-state index < -0.39 is 26.1 Å². The topological polar surface area (TPSA) is 66.0 Å². The highest BCUT2D eigenvalue weighted by Crippen LogP contribution is 2.36. The molecule has 1 N–H and O–H groups in total. The van der Waals surface area contributed by atoms with E-state index in [0.717, 1.165) is 19.3 Å². The van der Waals surface area contributed by atoms with Crippen LogP contribution in [-0.4, -0.2) is 52.2 Å². The maximum Gasteiger partial charge on any atom is 0.408 e. The van der Waals surface area contributed by atoms with Crippen molar-refractivity contribution in [3.8, 4) is 0 Å². The second-order valence-corrected chi connectivity index (χ2v) is 15.8. The van der Waals surface area contributed by atoms with Gasteiger partial charge in [0.05, 0.1) is 19.3 Å². The predicted octanol–water partition coefficient (Wildman–Crippen LogP) is 5.00. The first kappa shape index (κ1) is 28.4. The van der Waals surface area contributed by atoms with Gasteiger partial charge in [-0.3, -0.25) is 0 Å². The van der Waals surface area contributed by atoms with Gasteiger partial charge >= 0.3 is 6.09 Å². The molecular weight excluding hydrogens is 470 g/mol. The van der Waals surface area contributed by atoms with Crippen LogP contribution in [0.4, 0.5) is 4.79 Å². The molecule has 198 valence electrons. The molecule has 2 atom stereocenters. The van der Waals surface area contributed by atoms with Crippen LogP contribution in [0, 0.1) is 0 Å². The van der Waals surface area contributed by atoms with E-state index in [2.05, 4.69) is 74.6 Å². The van der Waals surface area contributed by atoms with Crippen LogP contribution in [0.15, 0.2) is 60.7 Å². The van der Waals surface area contributed by atoms with Crippen molar-refractivity contribution in [1.29, 1.82) is 0 Å². The molecule has 0 saturated carbocycles. The molecule has 1 fully saturated rings. The van der Waals surface area contributed by atoms with Crippen LogP contribution in [-0.2, 0) is 18.6 Å². The summed E-state index contributed by atoms with van der Waals surface area (Å²) >= 11 is 0. The molecule has 0 aliphatic carbocycles. The summed E-state index contributed by atoms with van der Waals surface area (Å²) in [7, 11) is -2.76. The average molecular weight is 514 g/mol. The Morgan fingerprint density at radius 3 is 2.00 bits per heavy atom. The largest absolute Gasteiger partial charge is 0.444 e. The number of hydrogen-bond donors (Lipinski definition) is 1. The van der Waals surface area contributed by atoms with E-state index in [1.807, 2.05) is 32.9 Å². The number of carbonyl (C=O) groups excluding carboxylic acids is 1. The Morgan fingerprint density at radius 2 is 1.53 bits per heavy atom. The quantitative estimate of drug-likeness (QED) is 0.478. The number of ether oxygens (including phenoxy) is 3. The third kappa shape index (κ3) is 7.65. The second-order valence-electron chi connectivity index (χ2n) is 11.4. The molecule has 1 unspecified atom stereocenters. The molecule has 0 spiro atoms. The van der Waals surface area contributed by atoms with Crippen LogP contribution in [0.5, 0.6) is 0 Å². The zero-order chi connectivity index (χ0) is 26.2. The average Bonchev–Trinajstić information content (AvgIpc) is 2.82. The lowest BCUT2D eigenvalue weighted by Gasteiger charge is -2.43. The standard InChI is InChI=1S/C29H43NO5Si/c1-28(2,3)35-27(31)30-23(21-33-26-19-13-14-20-32-26)22-34-36(29(4,5)6,24-15-9-7-10-16-24)25-17-11-8-12-18-25/h7-12,15-18,23,26H,13-14,19-22H2,1-6H3,(H,30,31)/t23-,26?/m1/s1. The predicted molar refractivity (Wildman–Crippen MR) is 146 cm³/mol. The van der Waals surface area contributed by atoms with Crippen molar-refractivity contribution in [2.24, 2.45) is 0 Å². The Balaban J connectivity index is 1.89. The lowest BCUT2D eigenvalue weighted by Crippen LogP contribution is -2.67. The Labute approximate surface area is 217 Å². The highest BCUT2D eigenvalue weighted by Gasteiger charge is 2.50. The molecule has 2 aromatic rings. The zero-order valence-corrected chi connectivity index (χ0v) is 23.7. The van der Waals surface area contributed by atoms with E-state index in [4.69, 9.17) is 18.6 Å². The number of amides is 1. The maximum atomic E-state index is 12.7. The Kier molecular flexibility index (Phi) is 9.75. The molecule has 1 aliphatic rings. The van der Waals surface area contributed by atoms with E-state index in [1.165, 1.54) is 10.4 Å². The number of hydrogen-bond acceptors (Lipinski definition) is 5. The van der Waals surface area contributed by atoms with Crippen molar-refractivity contribution in [2.45, 2.75) is 83.8 Å². The third-order valence-corrected chi connectivity index (χ3v) is 11.3. The van der Waals surface area contributed by atoms with E-state index >= 15 is 0 Å². The van der Waals surface area contributed by atoms with Crippen LogP contribution in [0.1, 0.15) is 60.8 Å². The van der Waals surface area contributed by atoms with Crippen molar-refractivity contribution < 1.29 is 23.4 Å². The zero-order valence-electron chi connectivity index (χ0n) is 22.7. The normalized spacial score (nSPS) is 17.9. The highest BCUT2D eigenvalue weighted by molar-refractivity contribution is 6.99. The van der Waals surface area contributed by atoms with E-state index in [1.54, 1.807) is 0 Å².